The standard InChI is InChI=1S/C83H70N4/c1-9-29-55(10-2)64-46-65(57-32-19-12-20-33-57)48-66(47-64)80-84-79(63-44-42-58(43-45-63)56-30-17-11-18-31-56)85-81(86-80)67-49-70(59-34-21-13-22-35-59)76(71(50-67)60-36-23-14-24-37-60)87-77-72(61-38-25-15-26-39-61)51-68(82(3,4)5)53-74(77)75-54-69(83(6,7)8)52-73(78(75)87)62-40-27-16-28-41-62/h9-28,30-55H,1-2,29H2,3-8H3. The molecule has 4 nitrogen and oxygen atoms in total. The number of nitrogens with zero attached hydrogens (tertiary/aromatic N) is 4. The van der Waals surface area contributed by atoms with Crippen LogP contribution in [0.2, 0.25) is 0 Å². The zero-order chi connectivity index (χ0) is 59.8. The molecule has 13 rings (SSSR count). The predicted octanol–water partition coefficient (Wildman–Crippen LogP) is 22.4. The summed E-state index contributed by atoms with van der Waals surface area (Å²) in [5.74, 6) is 1.73. The van der Waals surface area contributed by atoms with Gasteiger partial charge in [-0.25, -0.2) is 15.0 Å². The highest BCUT2D eigenvalue weighted by molar-refractivity contribution is 6.19. The third kappa shape index (κ3) is 11.1. The zero-order valence-corrected chi connectivity index (χ0v) is 50.5. The molecule has 0 N–H and O–H groups in total. The quantitative estimate of drug-likeness (QED) is 0.102. The van der Waals surface area contributed by atoms with Gasteiger partial charge in [-0.3, -0.25) is 0 Å². The fourth-order valence-electron chi connectivity index (χ4n) is 12.3. The highest BCUT2D eigenvalue weighted by Crippen LogP contribution is 2.50. The van der Waals surface area contributed by atoms with Crippen LogP contribution >= 0.6 is 0 Å². The Morgan fingerprint density at radius 1 is 0.345 bits per heavy atom. The molecule has 0 aliphatic carbocycles. The van der Waals surface area contributed by atoms with Crippen molar-refractivity contribution in [3.63, 3.8) is 0 Å². The maximum atomic E-state index is 5.63. The monoisotopic (exact) mass is 1120 g/mol. The minimum absolute atomic E-state index is 0.0244. The number of aromatic nitrogens is 4. The molecule has 0 spiro atoms. The van der Waals surface area contributed by atoms with Gasteiger partial charge in [-0.1, -0.05) is 266 Å². The predicted molar refractivity (Wildman–Crippen MR) is 368 cm³/mol. The number of allylic oxidation sites excluding steroid dienone is 2. The van der Waals surface area contributed by atoms with Gasteiger partial charge in [0, 0.05) is 55.6 Å². The maximum absolute atomic E-state index is 5.63. The van der Waals surface area contributed by atoms with Crippen LogP contribution in [0.15, 0.2) is 286 Å². The fourth-order valence-corrected chi connectivity index (χ4v) is 12.3. The van der Waals surface area contributed by atoms with Crippen LogP contribution in [0.4, 0.5) is 0 Å². The summed E-state index contributed by atoms with van der Waals surface area (Å²) in [5, 5.41) is 2.41. The lowest BCUT2D eigenvalue weighted by Crippen LogP contribution is -2.11. The van der Waals surface area contributed by atoms with E-state index in [1.54, 1.807) is 0 Å². The Hall–Kier alpha value is -10.3. The minimum Gasteiger partial charge on any atom is -0.307 e. The lowest BCUT2D eigenvalue weighted by molar-refractivity contribution is 0.590. The lowest BCUT2D eigenvalue weighted by atomic mass is 9.82. The molecule has 4 heteroatoms. The van der Waals surface area contributed by atoms with Crippen molar-refractivity contribution in [2.45, 2.75) is 64.7 Å². The van der Waals surface area contributed by atoms with Crippen LogP contribution in [0.5, 0.6) is 0 Å². The zero-order valence-electron chi connectivity index (χ0n) is 50.5. The van der Waals surface area contributed by atoms with Crippen molar-refractivity contribution in [2.75, 3.05) is 0 Å². The molecule has 0 aliphatic heterocycles. The van der Waals surface area contributed by atoms with Crippen LogP contribution in [-0.2, 0) is 10.8 Å². The molecule has 422 valence electrons. The molecule has 0 saturated heterocycles. The number of hydrogen-bond donors (Lipinski definition) is 0. The van der Waals surface area contributed by atoms with Gasteiger partial charge in [0.1, 0.15) is 0 Å². The van der Waals surface area contributed by atoms with E-state index in [2.05, 4.69) is 320 Å². The highest BCUT2D eigenvalue weighted by Gasteiger charge is 2.30. The van der Waals surface area contributed by atoms with E-state index in [0.29, 0.717) is 17.5 Å². The van der Waals surface area contributed by atoms with Crippen LogP contribution in [0.25, 0.3) is 128 Å². The minimum atomic E-state index is -0.155. The molecular weight excluding hydrogens is 1050 g/mol. The molecule has 0 amide bonds. The van der Waals surface area contributed by atoms with E-state index in [9.17, 15) is 0 Å². The molecule has 11 aromatic carbocycles. The third-order valence-corrected chi connectivity index (χ3v) is 17.0. The highest BCUT2D eigenvalue weighted by atomic mass is 15.0. The summed E-state index contributed by atoms with van der Waals surface area (Å²) in [7, 11) is 0. The largest absolute Gasteiger partial charge is 0.307 e. The van der Waals surface area contributed by atoms with Gasteiger partial charge in [0.25, 0.3) is 0 Å². The summed E-state index contributed by atoms with van der Waals surface area (Å²) in [6, 6.07) is 94.6. The Morgan fingerprint density at radius 3 is 1.07 bits per heavy atom. The first-order valence-corrected chi connectivity index (χ1v) is 30.2. The first kappa shape index (κ1) is 55.9. The Kier molecular flexibility index (Phi) is 15.0. The number of hydrogen-bond acceptors (Lipinski definition) is 3. The Balaban J connectivity index is 1.17. The SMILES string of the molecule is C=CCC(C=C)c1cc(-c2ccccc2)cc(-c2nc(-c3ccc(-c4ccccc4)cc3)nc(-c3cc(-c4ccccc4)c(-n4c5c(-c6ccccc6)cc(C(C)(C)C)cc5c5cc(C(C)(C)C)cc(-c6ccccc6)c54)c(-c4ccccc4)c3)n2)c1. The lowest BCUT2D eigenvalue weighted by Gasteiger charge is -2.25. The maximum Gasteiger partial charge on any atom is 0.164 e. The average molecular weight is 1120 g/mol. The summed E-state index contributed by atoms with van der Waals surface area (Å²) >= 11 is 0. The van der Waals surface area contributed by atoms with Crippen molar-refractivity contribution in [2.24, 2.45) is 0 Å². The molecule has 13 aromatic rings. The van der Waals surface area contributed by atoms with Crippen LogP contribution in [0.3, 0.4) is 0 Å². The second-order valence-electron chi connectivity index (χ2n) is 24.9. The van der Waals surface area contributed by atoms with Crippen LogP contribution in [0, 0.1) is 0 Å². The van der Waals surface area contributed by atoms with Crippen LogP contribution in [0.1, 0.15) is 70.6 Å². The third-order valence-electron chi connectivity index (χ3n) is 17.0. The van der Waals surface area contributed by atoms with Gasteiger partial charge >= 0.3 is 0 Å². The number of benzene rings is 11. The van der Waals surface area contributed by atoms with E-state index < -0.39 is 0 Å². The van der Waals surface area contributed by atoms with Gasteiger partial charge in [0.15, 0.2) is 17.5 Å². The second-order valence-corrected chi connectivity index (χ2v) is 24.9. The normalized spacial score (nSPS) is 12.1. The van der Waals surface area contributed by atoms with E-state index in [0.717, 1.165) is 101 Å². The molecular formula is C83H70N4. The molecule has 0 saturated carbocycles. The van der Waals surface area contributed by atoms with E-state index in [1.165, 1.54) is 33.0 Å². The summed E-state index contributed by atoms with van der Waals surface area (Å²) in [6.45, 7) is 22.4. The van der Waals surface area contributed by atoms with Gasteiger partial charge < -0.3 is 4.57 Å². The van der Waals surface area contributed by atoms with Crippen molar-refractivity contribution in [1.82, 2.24) is 19.5 Å². The van der Waals surface area contributed by atoms with Gasteiger partial charge in [-0.05, 0) is 127 Å². The van der Waals surface area contributed by atoms with E-state index in [4.69, 9.17) is 15.0 Å². The molecule has 1 unspecified atom stereocenters. The molecule has 0 fully saturated rings. The molecule has 0 bridgehead atoms. The summed E-state index contributed by atoms with van der Waals surface area (Å²) in [5.41, 5.74) is 22.6. The fraction of sp³-hybridized carbons (Fsp3) is 0.120. The van der Waals surface area contributed by atoms with Gasteiger partial charge in [0.05, 0.1) is 16.7 Å². The molecule has 0 radical (unpaired) electrons. The van der Waals surface area contributed by atoms with Gasteiger partial charge in [0.2, 0.25) is 0 Å². The van der Waals surface area contributed by atoms with E-state index in [1.807, 2.05) is 12.2 Å². The summed E-state index contributed by atoms with van der Waals surface area (Å²) in [6.07, 6.45) is 4.72. The van der Waals surface area contributed by atoms with Crippen molar-refractivity contribution < 1.29 is 0 Å². The number of fused-ring (bicyclic) bond motifs is 3. The van der Waals surface area contributed by atoms with Crippen molar-refractivity contribution in [3.05, 3.63) is 303 Å². The first-order valence-electron chi connectivity index (χ1n) is 30.2. The Morgan fingerprint density at radius 2 is 0.678 bits per heavy atom. The molecule has 87 heavy (non-hydrogen) atoms. The summed E-state index contributed by atoms with van der Waals surface area (Å²) < 4.78 is 2.62. The van der Waals surface area contributed by atoms with E-state index >= 15 is 0 Å². The van der Waals surface area contributed by atoms with Gasteiger partial charge in [-0.2, -0.15) is 0 Å². The average Bonchev–Trinajstić information content (AvgIpc) is 1.59. The topological polar surface area (TPSA) is 43.6 Å². The van der Waals surface area contributed by atoms with Crippen molar-refractivity contribution >= 4 is 21.8 Å². The van der Waals surface area contributed by atoms with Crippen LogP contribution in [-0.4, -0.2) is 19.5 Å². The second kappa shape index (κ2) is 23.3. The molecule has 0 aliphatic rings. The van der Waals surface area contributed by atoms with Crippen LogP contribution < -0.4 is 0 Å². The van der Waals surface area contributed by atoms with Crippen molar-refractivity contribution in [1.29, 1.82) is 0 Å². The smallest absolute Gasteiger partial charge is 0.164 e. The van der Waals surface area contributed by atoms with E-state index in [-0.39, 0.29) is 16.7 Å². The molecule has 2 heterocycles. The molecule has 1 atom stereocenters. The van der Waals surface area contributed by atoms with Crippen molar-refractivity contribution in [3.8, 4) is 107 Å². The van der Waals surface area contributed by atoms with Gasteiger partial charge in [-0.15, -0.1) is 13.2 Å². The molecule has 2 aromatic heterocycles. The summed E-state index contributed by atoms with van der Waals surface area (Å²) in [4.78, 5) is 16.6. The number of rotatable bonds is 14. The Labute approximate surface area is 512 Å². The Bertz CT molecular complexity index is 4470. The first-order chi connectivity index (χ1) is 42.3.